The number of nitrogens with zero attached hydrogens (tertiary/aromatic N) is 3. The molecule has 3 rings (SSSR count). The topological polar surface area (TPSA) is 177 Å². The lowest BCUT2D eigenvalue weighted by atomic mass is 10.1. The zero-order valence-corrected chi connectivity index (χ0v) is 25.8. The summed E-state index contributed by atoms with van der Waals surface area (Å²) in [5.41, 5.74) is 4.02. The standard InChI is InChI=1S/C33H37N3O10/c1-22-4-12-26(35(18-30(37)38)19-31(39)40)28(16-22)45-14-15-46-29-17-24(6-5-23-7-10-25(11-8-23)34(2)3)9-13-27(29)36(20-32(41)42)21-33(43)44/h4-13,16-17H,14-15,18-21H2,1-3H3,(H,37,38)(H,39,40)(H,41,42)(H,43,44)/b6-5+. The molecular formula is C33H37N3O10. The van der Waals surface area contributed by atoms with Crippen LogP contribution in [-0.2, 0) is 19.2 Å². The molecule has 3 aromatic carbocycles. The highest BCUT2D eigenvalue weighted by atomic mass is 16.5. The summed E-state index contributed by atoms with van der Waals surface area (Å²) in [6.45, 7) is -0.605. The summed E-state index contributed by atoms with van der Waals surface area (Å²) in [7, 11) is 3.90. The van der Waals surface area contributed by atoms with Crippen LogP contribution in [0.25, 0.3) is 12.2 Å². The van der Waals surface area contributed by atoms with Gasteiger partial charge < -0.3 is 44.6 Å². The van der Waals surface area contributed by atoms with Crippen LogP contribution in [0.5, 0.6) is 11.5 Å². The number of aliphatic carboxylic acids is 4. The molecule has 0 radical (unpaired) electrons. The molecule has 244 valence electrons. The summed E-state index contributed by atoms with van der Waals surface area (Å²) in [6, 6.07) is 17.8. The summed E-state index contributed by atoms with van der Waals surface area (Å²) < 4.78 is 11.9. The Morgan fingerprint density at radius 2 is 1.02 bits per heavy atom. The van der Waals surface area contributed by atoms with Crippen molar-refractivity contribution in [2.75, 3.05) is 68.2 Å². The zero-order valence-electron chi connectivity index (χ0n) is 25.8. The van der Waals surface area contributed by atoms with Gasteiger partial charge in [0.2, 0.25) is 0 Å². The first kappa shape index (κ1) is 34.8. The van der Waals surface area contributed by atoms with Crippen molar-refractivity contribution in [1.82, 2.24) is 0 Å². The fourth-order valence-corrected chi connectivity index (χ4v) is 4.49. The van der Waals surface area contributed by atoms with Gasteiger partial charge in [-0.2, -0.15) is 0 Å². The van der Waals surface area contributed by atoms with Gasteiger partial charge >= 0.3 is 23.9 Å². The van der Waals surface area contributed by atoms with E-state index in [1.54, 1.807) is 43.3 Å². The van der Waals surface area contributed by atoms with Gasteiger partial charge in [0, 0.05) is 19.8 Å². The molecule has 0 aliphatic heterocycles. The van der Waals surface area contributed by atoms with Gasteiger partial charge in [-0.3, -0.25) is 19.2 Å². The van der Waals surface area contributed by atoms with Gasteiger partial charge in [0.15, 0.2) is 0 Å². The lowest BCUT2D eigenvalue weighted by molar-refractivity contribution is -0.138. The smallest absolute Gasteiger partial charge is 0.323 e. The van der Waals surface area contributed by atoms with Crippen LogP contribution in [0.15, 0.2) is 60.7 Å². The number of aryl methyl sites for hydroxylation is 1. The monoisotopic (exact) mass is 635 g/mol. The van der Waals surface area contributed by atoms with Crippen molar-refractivity contribution in [3.05, 3.63) is 77.4 Å². The van der Waals surface area contributed by atoms with Gasteiger partial charge in [-0.15, -0.1) is 0 Å². The van der Waals surface area contributed by atoms with E-state index in [1.807, 2.05) is 55.4 Å². The highest BCUT2D eigenvalue weighted by molar-refractivity contribution is 5.82. The van der Waals surface area contributed by atoms with Crippen LogP contribution in [0.4, 0.5) is 17.1 Å². The number of carboxylic acids is 4. The molecule has 0 spiro atoms. The molecule has 0 atom stereocenters. The first-order valence-corrected chi connectivity index (χ1v) is 14.1. The maximum atomic E-state index is 11.5. The summed E-state index contributed by atoms with van der Waals surface area (Å²) in [6.07, 6.45) is 3.74. The molecule has 13 heteroatoms. The Balaban J connectivity index is 1.86. The summed E-state index contributed by atoms with van der Waals surface area (Å²) in [4.78, 5) is 50.2. The number of anilines is 3. The summed E-state index contributed by atoms with van der Waals surface area (Å²) in [5.74, 6) is -4.40. The molecule has 0 aliphatic carbocycles. The van der Waals surface area contributed by atoms with E-state index in [9.17, 15) is 39.6 Å². The molecule has 13 nitrogen and oxygen atoms in total. The molecule has 0 aliphatic rings. The fourth-order valence-electron chi connectivity index (χ4n) is 4.49. The highest BCUT2D eigenvalue weighted by Crippen LogP contribution is 2.32. The Labute approximate surface area is 266 Å². The summed E-state index contributed by atoms with van der Waals surface area (Å²) in [5, 5.41) is 37.4. The number of hydrogen-bond donors (Lipinski definition) is 4. The van der Waals surface area contributed by atoms with Crippen molar-refractivity contribution in [2.24, 2.45) is 0 Å². The van der Waals surface area contributed by atoms with Gasteiger partial charge in [-0.05, 0) is 60.0 Å². The number of carboxylic acid groups (broad SMARTS) is 4. The predicted molar refractivity (Wildman–Crippen MR) is 173 cm³/mol. The van der Waals surface area contributed by atoms with Crippen molar-refractivity contribution >= 4 is 53.1 Å². The fraction of sp³-hybridized carbons (Fsp3) is 0.273. The minimum absolute atomic E-state index is 0.0555. The van der Waals surface area contributed by atoms with E-state index in [4.69, 9.17) is 9.47 Å². The molecule has 0 saturated carbocycles. The molecule has 0 saturated heterocycles. The predicted octanol–water partition coefficient (Wildman–Crippen LogP) is 3.64. The van der Waals surface area contributed by atoms with E-state index in [0.717, 1.165) is 21.7 Å². The van der Waals surface area contributed by atoms with E-state index in [0.29, 0.717) is 5.56 Å². The largest absolute Gasteiger partial charge is 0.488 e. The maximum Gasteiger partial charge on any atom is 0.323 e. The Bertz CT molecular complexity index is 1540. The van der Waals surface area contributed by atoms with Crippen molar-refractivity contribution < 1.29 is 49.1 Å². The maximum absolute atomic E-state index is 11.5. The highest BCUT2D eigenvalue weighted by Gasteiger charge is 2.20. The molecular weight excluding hydrogens is 598 g/mol. The SMILES string of the molecule is Cc1ccc(N(CC(=O)O)CC(=O)O)c(OCCOc2cc(/C=C/c3ccc(N(C)C)cc3)ccc2N(CC(=O)O)CC(=O)O)c1. The second-order valence-corrected chi connectivity index (χ2v) is 10.5. The second-order valence-electron chi connectivity index (χ2n) is 10.5. The van der Waals surface area contributed by atoms with Crippen LogP contribution >= 0.6 is 0 Å². The normalized spacial score (nSPS) is 10.8. The van der Waals surface area contributed by atoms with Crippen LogP contribution in [0.1, 0.15) is 16.7 Å². The molecule has 0 bridgehead atoms. The first-order chi connectivity index (χ1) is 21.8. The Morgan fingerprint density at radius 1 is 0.609 bits per heavy atom. The van der Waals surface area contributed by atoms with Crippen LogP contribution in [0.2, 0.25) is 0 Å². The number of benzene rings is 3. The van der Waals surface area contributed by atoms with Crippen molar-refractivity contribution in [3.63, 3.8) is 0 Å². The molecule has 0 aromatic heterocycles. The molecule has 0 fully saturated rings. The average molecular weight is 636 g/mol. The third-order valence-corrected chi connectivity index (χ3v) is 6.56. The van der Waals surface area contributed by atoms with E-state index < -0.39 is 50.1 Å². The van der Waals surface area contributed by atoms with Gasteiger partial charge in [-0.25, -0.2) is 0 Å². The Hall–Kier alpha value is -5.72. The van der Waals surface area contributed by atoms with Crippen molar-refractivity contribution in [1.29, 1.82) is 0 Å². The van der Waals surface area contributed by atoms with E-state index >= 15 is 0 Å². The van der Waals surface area contributed by atoms with Crippen LogP contribution in [0, 0.1) is 6.92 Å². The van der Waals surface area contributed by atoms with E-state index in [-0.39, 0.29) is 36.1 Å². The van der Waals surface area contributed by atoms with Crippen LogP contribution < -0.4 is 24.2 Å². The zero-order chi connectivity index (χ0) is 33.8. The molecule has 3 aromatic rings. The number of hydrogen-bond acceptors (Lipinski definition) is 9. The van der Waals surface area contributed by atoms with Crippen LogP contribution in [0.3, 0.4) is 0 Å². The third-order valence-electron chi connectivity index (χ3n) is 6.56. The Kier molecular flexibility index (Phi) is 12.4. The number of rotatable bonds is 18. The minimum atomic E-state index is -1.22. The van der Waals surface area contributed by atoms with E-state index in [2.05, 4.69) is 0 Å². The van der Waals surface area contributed by atoms with Gasteiger partial charge in [0.1, 0.15) is 50.9 Å². The lowest BCUT2D eigenvalue weighted by Crippen LogP contribution is -2.35. The third kappa shape index (κ3) is 10.8. The molecule has 0 heterocycles. The quantitative estimate of drug-likeness (QED) is 0.118. The van der Waals surface area contributed by atoms with Gasteiger partial charge in [0.25, 0.3) is 0 Å². The van der Waals surface area contributed by atoms with Crippen molar-refractivity contribution in [2.45, 2.75) is 6.92 Å². The summed E-state index contributed by atoms with van der Waals surface area (Å²) >= 11 is 0. The van der Waals surface area contributed by atoms with Crippen LogP contribution in [-0.4, -0.2) is 97.8 Å². The molecule has 4 N–H and O–H groups in total. The molecule has 0 amide bonds. The minimum Gasteiger partial charge on any atom is -0.488 e. The average Bonchev–Trinajstić information content (AvgIpc) is 2.97. The van der Waals surface area contributed by atoms with Crippen molar-refractivity contribution in [3.8, 4) is 11.5 Å². The number of carbonyl (C=O) groups is 4. The number of ether oxygens (including phenoxy) is 2. The second kappa shape index (κ2) is 16.4. The molecule has 46 heavy (non-hydrogen) atoms. The van der Waals surface area contributed by atoms with Gasteiger partial charge in [-0.1, -0.05) is 36.4 Å². The first-order valence-electron chi connectivity index (χ1n) is 14.1. The Morgan fingerprint density at radius 3 is 1.48 bits per heavy atom. The molecule has 0 unspecified atom stereocenters. The lowest BCUT2D eigenvalue weighted by Gasteiger charge is -2.25. The van der Waals surface area contributed by atoms with E-state index in [1.165, 1.54) is 4.90 Å². The van der Waals surface area contributed by atoms with Gasteiger partial charge in [0.05, 0.1) is 11.4 Å².